The lowest BCUT2D eigenvalue weighted by molar-refractivity contribution is -0.118. The Morgan fingerprint density at radius 1 is 0.958 bits per heavy atom. The number of ether oxygens (including phenoxy) is 4. The normalized spacial score (nSPS) is 10.0. The molecule has 0 aliphatic heterocycles. The molecule has 2 aromatic carbocycles. The molecule has 2 rings (SSSR count). The van der Waals surface area contributed by atoms with Gasteiger partial charge in [0.1, 0.15) is 28.7 Å². The van der Waals surface area contributed by atoms with Crippen molar-refractivity contribution in [2.75, 3.05) is 33.3 Å². The first kappa shape index (κ1) is 17.5. The molecule has 128 valence electrons. The number of carbonyl (C=O) groups excluding carboxylic acids is 1. The highest BCUT2D eigenvalue weighted by Gasteiger charge is 2.16. The first-order valence-corrected chi connectivity index (χ1v) is 7.37. The Labute approximate surface area is 141 Å². The zero-order valence-electron chi connectivity index (χ0n) is 14.2. The molecule has 0 saturated carbocycles. The molecule has 0 saturated heterocycles. The fourth-order valence-electron chi connectivity index (χ4n) is 2.17. The van der Waals surface area contributed by atoms with E-state index in [1.54, 1.807) is 19.2 Å². The van der Waals surface area contributed by atoms with Gasteiger partial charge in [-0.15, -0.1) is 0 Å². The van der Waals surface area contributed by atoms with Gasteiger partial charge in [-0.1, -0.05) is 18.2 Å². The van der Waals surface area contributed by atoms with Gasteiger partial charge in [0, 0.05) is 12.1 Å². The zero-order chi connectivity index (χ0) is 17.5. The van der Waals surface area contributed by atoms with E-state index in [4.69, 9.17) is 18.9 Å². The largest absolute Gasteiger partial charge is 0.496 e. The predicted octanol–water partition coefficient (Wildman–Crippen LogP) is 3.04. The smallest absolute Gasteiger partial charge is 0.262 e. The summed E-state index contributed by atoms with van der Waals surface area (Å²) in [5, 5.41) is 2.75. The number of methoxy groups -OCH3 is 3. The number of anilines is 1. The monoisotopic (exact) mass is 331 g/mol. The third kappa shape index (κ3) is 4.10. The molecule has 0 unspecified atom stereocenters. The average molecular weight is 331 g/mol. The van der Waals surface area contributed by atoms with Crippen molar-refractivity contribution in [2.24, 2.45) is 0 Å². The standard InChI is InChI=1S/C18H21NO5/c1-12-7-5-6-8-14(12)24-11-17(20)19-18-15(22-3)9-13(21-2)10-16(18)23-4/h5-10H,11H2,1-4H3,(H,19,20). The van der Waals surface area contributed by atoms with E-state index in [9.17, 15) is 4.79 Å². The molecule has 0 heterocycles. The summed E-state index contributed by atoms with van der Waals surface area (Å²) in [7, 11) is 4.56. The number of carbonyl (C=O) groups is 1. The maximum absolute atomic E-state index is 12.2. The van der Waals surface area contributed by atoms with E-state index in [1.165, 1.54) is 14.2 Å². The number of aryl methyl sites for hydroxylation is 1. The lowest BCUT2D eigenvalue weighted by Gasteiger charge is -2.16. The van der Waals surface area contributed by atoms with E-state index < -0.39 is 0 Å². The van der Waals surface area contributed by atoms with E-state index in [0.717, 1.165) is 5.56 Å². The van der Waals surface area contributed by atoms with Gasteiger partial charge in [-0.2, -0.15) is 0 Å². The lowest BCUT2D eigenvalue weighted by Crippen LogP contribution is -2.21. The minimum absolute atomic E-state index is 0.122. The topological polar surface area (TPSA) is 66.0 Å². The van der Waals surface area contributed by atoms with Crippen LogP contribution in [0.2, 0.25) is 0 Å². The van der Waals surface area contributed by atoms with Crippen molar-refractivity contribution >= 4 is 11.6 Å². The highest BCUT2D eigenvalue weighted by molar-refractivity contribution is 5.95. The highest BCUT2D eigenvalue weighted by atomic mass is 16.5. The second kappa shape index (κ2) is 8.10. The van der Waals surface area contributed by atoms with Crippen LogP contribution in [0.15, 0.2) is 36.4 Å². The first-order valence-electron chi connectivity index (χ1n) is 7.37. The molecular weight excluding hydrogens is 310 g/mol. The van der Waals surface area contributed by atoms with Gasteiger partial charge in [0.2, 0.25) is 0 Å². The van der Waals surface area contributed by atoms with Crippen LogP contribution in [0.5, 0.6) is 23.0 Å². The van der Waals surface area contributed by atoms with Crippen molar-refractivity contribution in [3.05, 3.63) is 42.0 Å². The fraction of sp³-hybridized carbons (Fsp3) is 0.278. The van der Waals surface area contributed by atoms with Crippen molar-refractivity contribution in [1.29, 1.82) is 0 Å². The zero-order valence-corrected chi connectivity index (χ0v) is 14.2. The molecule has 0 bridgehead atoms. The number of nitrogens with one attached hydrogen (secondary N) is 1. The molecule has 24 heavy (non-hydrogen) atoms. The Morgan fingerprint density at radius 2 is 1.58 bits per heavy atom. The molecule has 0 atom stereocenters. The second-order valence-corrected chi connectivity index (χ2v) is 5.01. The molecule has 0 aliphatic carbocycles. The van der Waals surface area contributed by atoms with Crippen LogP contribution >= 0.6 is 0 Å². The van der Waals surface area contributed by atoms with Gasteiger partial charge in [-0.25, -0.2) is 0 Å². The minimum Gasteiger partial charge on any atom is -0.496 e. The summed E-state index contributed by atoms with van der Waals surface area (Å²) >= 11 is 0. The average Bonchev–Trinajstić information content (AvgIpc) is 2.61. The van der Waals surface area contributed by atoms with Gasteiger partial charge in [-0.05, 0) is 18.6 Å². The Kier molecular flexibility index (Phi) is 5.89. The molecule has 0 aliphatic rings. The third-order valence-electron chi connectivity index (χ3n) is 3.43. The van der Waals surface area contributed by atoms with Gasteiger partial charge >= 0.3 is 0 Å². The molecular formula is C18H21NO5. The summed E-state index contributed by atoms with van der Waals surface area (Å²) in [4.78, 5) is 12.2. The summed E-state index contributed by atoms with van der Waals surface area (Å²) in [6, 6.07) is 10.8. The van der Waals surface area contributed by atoms with Gasteiger partial charge in [0.15, 0.2) is 6.61 Å². The maximum atomic E-state index is 12.2. The molecule has 1 amide bonds. The summed E-state index contributed by atoms with van der Waals surface area (Å²) < 4.78 is 21.3. The number of hydrogen-bond donors (Lipinski definition) is 1. The predicted molar refractivity (Wildman–Crippen MR) is 91.4 cm³/mol. The molecule has 6 nitrogen and oxygen atoms in total. The Morgan fingerprint density at radius 3 is 2.12 bits per heavy atom. The van der Waals surface area contributed by atoms with E-state index in [-0.39, 0.29) is 12.5 Å². The number of para-hydroxylation sites is 1. The Balaban J connectivity index is 2.12. The third-order valence-corrected chi connectivity index (χ3v) is 3.43. The number of rotatable bonds is 7. The van der Waals surface area contributed by atoms with Crippen LogP contribution in [-0.4, -0.2) is 33.8 Å². The second-order valence-electron chi connectivity index (χ2n) is 5.01. The maximum Gasteiger partial charge on any atom is 0.262 e. The van der Waals surface area contributed by atoms with Gasteiger partial charge in [0.05, 0.1) is 21.3 Å². The van der Waals surface area contributed by atoms with Gasteiger partial charge < -0.3 is 24.3 Å². The van der Waals surface area contributed by atoms with Gasteiger partial charge in [0.25, 0.3) is 5.91 Å². The molecule has 2 aromatic rings. The number of amides is 1. The van der Waals surface area contributed by atoms with Crippen LogP contribution in [0.1, 0.15) is 5.56 Å². The van der Waals surface area contributed by atoms with Crippen LogP contribution in [0, 0.1) is 6.92 Å². The lowest BCUT2D eigenvalue weighted by atomic mass is 10.2. The molecule has 0 spiro atoms. The molecule has 1 N–H and O–H groups in total. The van der Waals surface area contributed by atoms with Crippen LogP contribution in [0.4, 0.5) is 5.69 Å². The Hall–Kier alpha value is -2.89. The summed E-state index contributed by atoms with van der Waals surface area (Å²) in [5.74, 6) is 1.80. The summed E-state index contributed by atoms with van der Waals surface area (Å²) in [5.41, 5.74) is 1.39. The fourth-order valence-corrected chi connectivity index (χ4v) is 2.17. The van der Waals surface area contributed by atoms with Gasteiger partial charge in [-0.3, -0.25) is 4.79 Å². The molecule has 6 heteroatoms. The van der Waals surface area contributed by atoms with E-state index >= 15 is 0 Å². The summed E-state index contributed by atoms with van der Waals surface area (Å²) in [6.07, 6.45) is 0. The highest BCUT2D eigenvalue weighted by Crippen LogP contribution is 2.38. The number of hydrogen-bond acceptors (Lipinski definition) is 5. The molecule has 0 aromatic heterocycles. The van der Waals surface area contributed by atoms with Crippen molar-refractivity contribution in [3.63, 3.8) is 0 Å². The van der Waals surface area contributed by atoms with Crippen molar-refractivity contribution in [3.8, 4) is 23.0 Å². The van der Waals surface area contributed by atoms with E-state index in [1.807, 2.05) is 31.2 Å². The van der Waals surface area contributed by atoms with Crippen molar-refractivity contribution < 1.29 is 23.7 Å². The van der Waals surface area contributed by atoms with Crippen molar-refractivity contribution in [1.82, 2.24) is 0 Å². The van der Waals surface area contributed by atoms with Crippen LogP contribution in [0.25, 0.3) is 0 Å². The quantitative estimate of drug-likeness (QED) is 0.845. The molecule has 0 fully saturated rings. The Bertz CT molecular complexity index is 689. The number of benzene rings is 2. The van der Waals surface area contributed by atoms with Crippen LogP contribution in [0.3, 0.4) is 0 Å². The SMILES string of the molecule is COc1cc(OC)c(NC(=O)COc2ccccc2C)c(OC)c1. The summed E-state index contributed by atoms with van der Waals surface area (Å²) in [6.45, 7) is 1.80. The van der Waals surface area contributed by atoms with Crippen LogP contribution in [-0.2, 0) is 4.79 Å². The minimum atomic E-state index is -0.319. The first-order chi connectivity index (χ1) is 11.6. The van der Waals surface area contributed by atoms with Crippen LogP contribution < -0.4 is 24.3 Å². The molecule has 0 radical (unpaired) electrons. The van der Waals surface area contributed by atoms with E-state index in [0.29, 0.717) is 28.7 Å². The van der Waals surface area contributed by atoms with E-state index in [2.05, 4.69) is 5.32 Å². The van der Waals surface area contributed by atoms with Crippen molar-refractivity contribution in [2.45, 2.75) is 6.92 Å².